The summed E-state index contributed by atoms with van der Waals surface area (Å²) in [6.45, 7) is 5.78. The summed E-state index contributed by atoms with van der Waals surface area (Å²) in [4.78, 5) is 19.6. The van der Waals surface area contributed by atoms with Gasteiger partial charge in [-0.05, 0) is 57.6 Å². The fraction of sp³-hybridized carbons (Fsp3) is 0.579. The van der Waals surface area contributed by atoms with Gasteiger partial charge in [0.05, 0.1) is 11.7 Å². The van der Waals surface area contributed by atoms with Crippen LogP contribution in [0.5, 0.6) is 0 Å². The van der Waals surface area contributed by atoms with Gasteiger partial charge in [0.1, 0.15) is 5.60 Å². The number of likely N-dealkylation sites (tertiary alicyclic amines) is 1. The van der Waals surface area contributed by atoms with Gasteiger partial charge in [0.2, 0.25) is 0 Å². The molecule has 3 atom stereocenters. The molecule has 1 amide bonds. The van der Waals surface area contributed by atoms with E-state index >= 15 is 0 Å². The van der Waals surface area contributed by atoms with Crippen LogP contribution in [0, 0.1) is 5.92 Å². The molecule has 2 fully saturated rings. The first-order valence-electron chi connectivity index (χ1n) is 8.59. The third-order valence-electron chi connectivity index (χ3n) is 5.16. The topological polar surface area (TPSA) is 41.9 Å². The van der Waals surface area contributed by atoms with Crippen molar-refractivity contribution in [2.75, 3.05) is 0 Å². The van der Waals surface area contributed by atoms with Gasteiger partial charge in [0, 0.05) is 18.2 Å². The molecule has 1 aliphatic carbocycles. The number of fused-ring (bicyclic) bond motifs is 3. The zero-order valence-electron chi connectivity index (χ0n) is 14.1. The first-order valence-corrected chi connectivity index (χ1v) is 8.59. The number of hydrogen-bond donors (Lipinski definition) is 0. The van der Waals surface area contributed by atoms with Crippen LogP contribution in [0.15, 0.2) is 29.3 Å². The van der Waals surface area contributed by atoms with Crippen molar-refractivity contribution in [3.05, 3.63) is 29.8 Å². The van der Waals surface area contributed by atoms with Crippen LogP contribution in [0.4, 0.5) is 10.5 Å². The molecule has 1 aromatic rings. The van der Waals surface area contributed by atoms with Crippen LogP contribution in [-0.4, -0.2) is 34.4 Å². The largest absolute Gasteiger partial charge is 0.444 e. The molecule has 0 radical (unpaired) electrons. The molecule has 4 heteroatoms. The van der Waals surface area contributed by atoms with E-state index in [4.69, 9.17) is 9.73 Å². The van der Waals surface area contributed by atoms with Crippen LogP contribution >= 0.6 is 0 Å². The molecule has 0 spiro atoms. The third-order valence-corrected chi connectivity index (χ3v) is 5.16. The second-order valence-corrected chi connectivity index (χ2v) is 7.97. The molecule has 4 nitrogen and oxygen atoms in total. The van der Waals surface area contributed by atoms with Crippen molar-refractivity contribution in [3.63, 3.8) is 0 Å². The van der Waals surface area contributed by atoms with Crippen molar-refractivity contribution < 1.29 is 9.53 Å². The number of nitrogens with zero attached hydrogens (tertiary/aromatic N) is 2. The average Bonchev–Trinajstić information content (AvgIpc) is 3.17. The maximum atomic E-state index is 12.7. The SMILES string of the molecule is CC(C)(C)OC(=O)N1C2CCC(C2)C1C1=Nc2ccccc2C1. The predicted molar refractivity (Wildman–Crippen MR) is 90.2 cm³/mol. The Bertz CT molecular complexity index is 674. The lowest BCUT2D eigenvalue weighted by atomic mass is 9.92. The second kappa shape index (κ2) is 5.08. The van der Waals surface area contributed by atoms with Crippen LogP contribution in [0.2, 0.25) is 0 Å². The Labute approximate surface area is 137 Å². The summed E-state index contributed by atoms with van der Waals surface area (Å²) in [5.41, 5.74) is 3.03. The highest BCUT2D eigenvalue weighted by atomic mass is 16.6. The van der Waals surface area contributed by atoms with Crippen molar-refractivity contribution in [3.8, 4) is 0 Å². The number of carbonyl (C=O) groups is 1. The van der Waals surface area contributed by atoms with E-state index < -0.39 is 5.60 Å². The van der Waals surface area contributed by atoms with Gasteiger partial charge >= 0.3 is 6.09 Å². The van der Waals surface area contributed by atoms with E-state index in [1.54, 1.807) is 0 Å². The fourth-order valence-corrected chi connectivity index (χ4v) is 4.32. The molecule has 4 rings (SSSR count). The van der Waals surface area contributed by atoms with Gasteiger partial charge in [-0.3, -0.25) is 9.89 Å². The number of piperidine rings is 1. The lowest BCUT2D eigenvalue weighted by molar-refractivity contribution is 0.0142. The maximum Gasteiger partial charge on any atom is 0.411 e. The van der Waals surface area contributed by atoms with Gasteiger partial charge in [-0.25, -0.2) is 4.79 Å². The fourth-order valence-electron chi connectivity index (χ4n) is 4.32. The number of rotatable bonds is 1. The molecule has 3 unspecified atom stereocenters. The molecule has 1 saturated carbocycles. The number of para-hydroxylation sites is 1. The van der Waals surface area contributed by atoms with E-state index in [1.807, 2.05) is 31.7 Å². The number of amides is 1. The summed E-state index contributed by atoms with van der Waals surface area (Å²) in [6.07, 6.45) is 4.08. The molecule has 23 heavy (non-hydrogen) atoms. The van der Waals surface area contributed by atoms with Gasteiger partial charge in [0.15, 0.2) is 0 Å². The summed E-state index contributed by atoms with van der Waals surface area (Å²) in [6, 6.07) is 8.73. The molecule has 122 valence electrons. The van der Waals surface area contributed by atoms with Gasteiger partial charge in [0.25, 0.3) is 0 Å². The molecule has 0 aromatic heterocycles. The standard InChI is InChI=1S/C19H24N2O2/c1-19(2,3)23-18(22)21-14-9-8-13(10-14)17(21)16-11-12-6-4-5-7-15(12)20-16/h4-7,13-14,17H,8-11H2,1-3H3. The monoisotopic (exact) mass is 312 g/mol. The minimum Gasteiger partial charge on any atom is -0.444 e. The van der Waals surface area contributed by atoms with Crippen LogP contribution in [-0.2, 0) is 11.2 Å². The van der Waals surface area contributed by atoms with Gasteiger partial charge in [-0.2, -0.15) is 0 Å². The summed E-state index contributed by atoms with van der Waals surface area (Å²) >= 11 is 0. The first-order chi connectivity index (χ1) is 10.9. The molecule has 2 heterocycles. The van der Waals surface area contributed by atoms with Crippen LogP contribution < -0.4 is 0 Å². The van der Waals surface area contributed by atoms with E-state index in [1.165, 1.54) is 12.0 Å². The summed E-state index contributed by atoms with van der Waals surface area (Å²) in [5.74, 6) is 0.542. The molecule has 0 N–H and O–H groups in total. The zero-order chi connectivity index (χ0) is 16.2. The highest BCUT2D eigenvalue weighted by Crippen LogP contribution is 2.45. The van der Waals surface area contributed by atoms with Gasteiger partial charge in [-0.1, -0.05) is 18.2 Å². The minimum atomic E-state index is -0.454. The Kier molecular flexibility index (Phi) is 3.26. The number of ether oxygens (including phenoxy) is 1. The Morgan fingerprint density at radius 1 is 1.26 bits per heavy atom. The summed E-state index contributed by atoms with van der Waals surface area (Å²) in [5, 5.41) is 0. The quantitative estimate of drug-likeness (QED) is 0.783. The van der Waals surface area contributed by atoms with E-state index in [2.05, 4.69) is 18.2 Å². The van der Waals surface area contributed by atoms with Crippen molar-refractivity contribution in [1.29, 1.82) is 0 Å². The van der Waals surface area contributed by atoms with Crippen LogP contribution in [0.1, 0.15) is 45.6 Å². The molecule has 1 saturated heterocycles. The van der Waals surface area contributed by atoms with E-state index in [0.29, 0.717) is 12.0 Å². The molecular weight excluding hydrogens is 288 g/mol. The van der Waals surface area contributed by atoms with Crippen molar-refractivity contribution >= 4 is 17.5 Å². The lowest BCUT2D eigenvalue weighted by Crippen LogP contribution is -2.50. The maximum absolute atomic E-state index is 12.7. The van der Waals surface area contributed by atoms with E-state index in [-0.39, 0.29) is 12.1 Å². The Balaban J connectivity index is 1.61. The zero-order valence-corrected chi connectivity index (χ0v) is 14.1. The Morgan fingerprint density at radius 3 is 2.78 bits per heavy atom. The number of aliphatic imine (C=N–C) groups is 1. The van der Waals surface area contributed by atoms with E-state index in [9.17, 15) is 4.79 Å². The first kappa shape index (κ1) is 14.7. The predicted octanol–water partition coefficient (Wildman–Crippen LogP) is 4.10. The number of carbonyl (C=O) groups excluding carboxylic acids is 1. The molecule has 2 bridgehead atoms. The lowest BCUT2D eigenvalue weighted by Gasteiger charge is -2.36. The summed E-state index contributed by atoms with van der Waals surface area (Å²) < 4.78 is 5.67. The van der Waals surface area contributed by atoms with Crippen LogP contribution in [0.25, 0.3) is 0 Å². The molecule has 2 aliphatic heterocycles. The number of benzene rings is 1. The van der Waals surface area contributed by atoms with Gasteiger partial charge in [-0.15, -0.1) is 0 Å². The number of hydrogen-bond acceptors (Lipinski definition) is 3. The highest BCUT2D eigenvalue weighted by molar-refractivity contribution is 6.00. The highest BCUT2D eigenvalue weighted by Gasteiger charge is 2.51. The Hall–Kier alpha value is -1.84. The second-order valence-electron chi connectivity index (χ2n) is 7.97. The smallest absolute Gasteiger partial charge is 0.411 e. The molecule has 3 aliphatic rings. The van der Waals surface area contributed by atoms with Crippen LogP contribution in [0.3, 0.4) is 0 Å². The van der Waals surface area contributed by atoms with Crippen molar-refractivity contribution in [2.24, 2.45) is 10.9 Å². The van der Waals surface area contributed by atoms with Crippen molar-refractivity contribution in [1.82, 2.24) is 4.90 Å². The average molecular weight is 312 g/mol. The van der Waals surface area contributed by atoms with E-state index in [0.717, 1.165) is 30.7 Å². The summed E-state index contributed by atoms with van der Waals surface area (Å²) in [7, 11) is 0. The normalized spacial score (nSPS) is 28.7. The molecule has 1 aromatic carbocycles. The van der Waals surface area contributed by atoms with Crippen molar-refractivity contribution in [2.45, 2.75) is 64.1 Å². The third kappa shape index (κ3) is 2.54. The Morgan fingerprint density at radius 2 is 2.04 bits per heavy atom. The van der Waals surface area contributed by atoms with Gasteiger partial charge < -0.3 is 4.74 Å². The molecular formula is C19H24N2O2. The minimum absolute atomic E-state index is 0.121.